The number of hydrogen-bond donors (Lipinski definition) is 2. The summed E-state index contributed by atoms with van der Waals surface area (Å²) in [6.45, 7) is -0.845. The maximum atomic E-state index is 13.9. The zero-order valence-electron chi connectivity index (χ0n) is 19.9. The average Bonchev–Trinajstić information content (AvgIpc) is 3.71. The van der Waals surface area contributed by atoms with Gasteiger partial charge in [-0.1, -0.05) is 0 Å². The standard InChI is InChI=1S/C25H12F7N3O5S/c26-14-15(27)17(29)20(18(30)16(14)28)39-7-8-3-4-12(40-8)24(37)35-19-13-9(11-2-1-5-38-11)6-10(22(31)32)34-25(13)41-21(19)23(33)36/h1-6,22H,7H2,(H2,33,36)(H,35,37). The molecule has 4 heterocycles. The minimum absolute atomic E-state index is 0.0605. The van der Waals surface area contributed by atoms with Crippen LogP contribution in [0.2, 0.25) is 0 Å². The van der Waals surface area contributed by atoms with Crippen LogP contribution in [0, 0.1) is 29.1 Å². The van der Waals surface area contributed by atoms with E-state index in [1.165, 1.54) is 18.4 Å². The number of nitrogens with two attached hydrogens (primary N) is 1. The van der Waals surface area contributed by atoms with Crippen molar-refractivity contribution in [2.24, 2.45) is 5.73 Å². The molecule has 5 rings (SSSR count). The molecule has 0 spiro atoms. The fourth-order valence-corrected chi connectivity index (χ4v) is 4.77. The number of carbonyl (C=O) groups excluding carboxylic acids is 2. The molecule has 0 saturated carbocycles. The molecular formula is C25H12F7N3O5S. The van der Waals surface area contributed by atoms with Gasteiger partial charge in [0, 0.05) is 10.9 Å². The van der Waals surface area contributed by atoms with Crippen LogP contribution in [0.15, 0.2) is 45.4 Å². The van der Waals surface area contributed by atoms with Crippen molar-refractivity contribution in [1.82, 2.24) is 4.98 Å². The van der Waals surface area contributed by atoms with E-state index in [9.17, 15) is 40.3 Å². The van der Waals surface area contributed by atoms with Crippen LogP contribution in [-0.4, -0.2) is 16.8 Å². The Balaban J connectivity index is 1.46. The van der Waals surface area contributed by atoms with Crippen LogP contribution in [0.1, 0.15) is 38.1 Å². The summed E-state index contributed by atoms with van der Waals surface area (Å²) in [5.41, 5.74) is 4.73. The summed E-state index contributed by atoms with van der Waals surface area (Å²) >= 11 is 0.644. The van der Waals surface area contributed by atoms with E-state index in [1.54, 1.807) is 0 Å². The number of ether oxygens (including phenoxy) is 1. The Hall–Kier alpha value is -4.86. The van der Waals surface area contributed by atoms with Crippen LogP contribution >= 0.6 is 11.3 Å². The molecule has 0 bridgehead atoms. The predicted molar refractivity (Wildman–Crippen MR) is 128 cm³/mol. The number of hydrogen-bond acceptors (Lipinski definition) is 7. The Labute approximate surface area is 227 Å². The lowest BCUT2D eigenvalue weighted by molar-refractivity contribution is 0.0992. The number of aromatic nitrogens is 1. The topological polar surface area (TPSA) is 121 Å². The number of amides is 2. The summed E-state index contributed by atoms with van der Waals surface area (Å²) < 4.78 is 110. The SMILES string of the molecule is NC(=O)c1sc2nc(C(F)F)cc(-c3ccco3)c2c1NC(=O)c1ccc(COc2c(F)c(F)c(F)c(F)c2F)o1. The number of anilines is 1. The van der Waals surface area contributed by atoms with Crippen molar-refractivity contribution in [3.63, 3.8) is 0 Å². The van der Waals surface area contributed by atoms with Crippen LogP contribution < -0.4 is 15.8 Å². The lowest BCUT2D eigenvalue weighted by atomic mass is 10.1. The average molecular weight is 599 g/mol. The number of alkyl halides is 2. The first-order chi connectivity index (χ1) is 19.5. The Kier molecular flexibility index (Phi) is 7.17. The molecule has 0 radical (unpaired) electrons. The van der Waals surface area contributed by atoms with Gasteiger partial charge in [0.05, 0.1) is 12.0 Å². The molecule has 0 saturated heterocycles. The quantitative estimate of drug-likeness (QED) is 0.116. The summed E-state index contributed by atoms with van der Waals surface area (Å²) in [7, 11) is 0. The largest absolute Gasteiger partial charge is 0.479 e. The second-order valence-electron chi connectivity index (χ2n) is 8.13. The predicted octanol–water partition coefficient (Wildman–Crippen LogP) is 6.71. The molecule has 0 aliphatic carbocycles. The van der Waals surface area contributed by atoms with Gasteiger partial charge >= 0.3 is 0 Å². The highest BCUT2D eigenvalue weighted by molar-refractivity contribution is 7.21. The molecule has 2 amide bonds. The number of pyridine rings is 1. The van der Waals surface area contributed by atoms with Gasteiger partial charge in [0.2, 0.25) is 29.1 Å². The number of primary amides is 1. The van der Waals surface area contributed by atoms with Gasteiger partial charge in [0.15, 0.2) is 11.5 Å². The lowest BCUT2D eigenvalue weighted by Crippen LogP contribution is -2.16. The van der Waals surface area contributed by atoms with E-state index in [2.05, 4.69) is 10.3 Å². The smallest absolute Gasteiger partial charge is 0.291 e. The molecule has 1 aromatic carbocycles. The summed E-state index contributed by atoms with van der Waals surface area (Å²) in [6.07, 6.45) is -1.69. The van der Waals surface area contributed by atoms with Crippen molar-refractivity contribution in [3.05, 3.63) is 87.8 Å². The van der Waals surface area contributed by atoms with Crippen molar-refractivity contribution in [1.29, 1.82) is 0 Å². The molecule has 0 aliphatic rings. The number of benzene rings is 1. The molecule has 41 heavy (non-hydrogen) atoms. The van der Waals surface area contributed by atoms with Crippen LogP contribution in [0.3, 0.4) is 0 Å². The number of thiophene rings is 1. The first kappa shape index (κ1) is 27.7. The van der Waals surface area contributed by atoms with Crippen molar-refractivity contribution in [3.8, 4) is 17.1 Å². The highest BCUT2D eigenvalue weighted by Gasteiger charge is 2.29. The lowest BCUT2D eigenvalue weighted by Gasteiger charge is -2.09. The van der Waals surface area contributed by atoms with E-state index in [4.69, 9.17) is 19.3 Å². The minimum Gasteiger partial charge on any atom is -0.479 e. The zero-order valence-corrected chi connectivity index (χ0v) is 20.7. The third-order valence-corrected chi connectivity index (χ3v) is 6.67. The molecule has 8 nitrogen and oxygen atoms in total. The van der Waals surface area contributed by atoms with Crippen LogP contribution in [0.5, 0.6) is 5.75 Å². The second-order valence-corrected chi connectivity index (χ2v) is 9.13. The van der Waals surface area contributed by atoms with Crippen molar-refractivity contribution >= 4 is 39.1 Å². The van der Waals surface area contributed by atoms with Crippen molar-refractivity contribution in [2.45, 2.75) is 13.0 Å². The van der Waals surface area contributed by atoms with E-state index < -0.39 is 71.1 Å². The summed E-state index contributed by atoms with van der Waals surface area (Å²) in [5.74, 6) is -15.3. The van der Waals surface area contributed by atoms with Gasteiger partial charge in [0.25, 0.3) is 18.2 Å². The molecule has 0 atom stereocenters. The third-order valence-electron chi connectivity index (χ3n) is 5.57. The summed E-state index contributed by atoms with van der Waals surface area (Å²) in [5, 5.41) is 2.48. The van der Waals surface area contributed by atoms with E-state index in [1.807, 2.05) is 0 Å². The molecular weight excluding hydrogens is 587 g/mol. The summed E-state index contributed by atoms with van der Waals surface area (Å²) in [4.78, 5) is 28.8. The van der Waals surface area contributed by atoms with Gasteiger partial charge in [-0.15, -0.1) is 11.3 Å². The normalized spacial score (nSPS) is 11.4. The Bertz CT molecular complexity index is 1790. The Morgan fingerprint density at radius 3 is 2.32 bits per heavy atom. The fraction of sp³-hybridized carbons (Fsp3) is 0.0800. The maximum absolute atomic E-state index is 13.9. The van der Waals surface area contributed by atoms with Gasteiger partial charge in [0.1, 0.15) is 33.5 Å². The van der Waals surface area contributed by atoms with Gasteiger partial charge in [-0.25, -0.2) is 26.9 Å². The van der Waals surface area contributed by atoms with Crippen molar-refractivity contribution in [2.75, 3.05) is 5.32 Å². The van der Waals surface area contributed by atoms with E-state index >= 15 is 0 Å². The molecule has 5 aromatic rings. The number of nitrogens with one attached hydrogen (secondary N) is 1. The number of fused-ring (bicyclic) bond motifs is 1. The number of rotatable bonds is 8. The molecule has 0 aliphatic heterocycles. The van der Waals surface area contributed by atoms with Crippen molar-refractivity contribution < 1.29 is 53.9 Å². The molecule has 3 N–H and O–H groups in total. The van der Waals surface area contributed by atoms with Crippen LogP contribution in [-0.2, 0) is 6.61 Å². The van der Waals surface area contributed by atoms with Gasteiger partial charge < -0.3 is 24.6 Å². The third kappa shape index (κ3) is 4.97. The Morgan fingerprint density at radius 2 is 1.71 bits per heavy atom. The Morgan fingerprint density at radius 1 is 1.02 bits per heavy atom. The number of furan rings is 2. The monoisotopic (exact) mass is 599 g/mol. The minimum atomic E-state index is -2.97. The van der Waals surface area contributed by atoms with Gasteiger partial charge in [-0.2, -0.15) is 8.78 Å². The molecule has 4 aromatic heterocycles. The molecule has 0 unspecified atom stereocenters. The maximum Gasteiger partial charge on any atom is 0.291 e. The first-order valence-corrected chi connectivity index (χ1v) is 11.9. The zero-order chi connectivity index (χ0) is 29.6. The summed E-state index contributed by atoms with van der Waals surface area (Å²) in [6, 6.07) is 6.18. The highest BCUT2D eigenvalue weighted by Crippen LogP contribution is 2.42. The number of carbonyl (C=O) groups is 2. The van der Waals surface area contributed by atoms with Crippen LogP contribution in [0.25, 0.3) is 21.5 Å². The fourth-order valence-electron chi connectivity index (χ4n) is 3.76. The molecule has 0 fully saturated rings. The van der Waals surface area contributed by atoms with Crippen LogP contribution in [0.4, 0.5) is 36.4 Å². The molecule has 16 heteroatoms. The number of nitrogens with zero attached hydrogens (tertiary/aromatic N) is 1. The molecule has 212 valence electrons. The number of halogens is 7. The van der Waals surface area contributed by atoms with E-state index in [-0.39, 0.29) is 37.9 Å². The van der Waals surface area contributed by atoms with E-state index in [0.717, 1.165) is 18.2 Å². The second kappa shape index (κ2) is 10.6. The van der Waals surface area contributed by atoms with Gasteiger partial charge in [-0.3, -0.25) is 9.59 Å². The van der Waals surface area contributed by atoms with Gasteiger partial charge in [-0.05, 0) is 30.3 Å². The highest BCUT2D eigenvalue weighted by atomic mass is 32.1. The first-order valence-electron chi connectivity index (χ1n) is 11.1. The van der Waals surface area contributed by atoms with E-state index in [0.29, 0.717) is 11.3 Å².